The summed E-state index contributed by atoms with van der Waals surface area (Å²) in [5.74, 6) is 1.25. The highest BCUT2D eigenvalue weighted by molar-refractivity contribution is 7.93. The molecule has 0 aliphatic rings. The largest absolute Gasteiger partial charge is 0.497 e. The molecule has 9 nitrogen and oxygen atoms in total. The van der Waals surface area contributed by atoms with Crippen LogP contribution >= 0.6 is 0 Å². The van der Waals surface area contributed by atoms with Gasteiger partial charge in [0.05, 0.1) is 27.9 Å². The number of anilines is 1. The third-order valence-corrected chi connectivity index (χ3v) is 5.70. The topological polar surface area (TPSA) is 109 Å². The maximum atomic E-state index is 13.0. The SMILES string of the molecule is C.COCc1ccc(OC)cc1-c1cc(NS(=O)(=O)c2c(OC)cccc2OC)no1. The number of hydrogen-bond donors (Lipinski definition) is 1. The molecule has 0 amide bonds. The van der Waals surface area contributed by atoms with Gasteiger partial charge < -0.3 is 23.5 Å². The highest BCUT2D eigenvalue weighted by Crippen LogP contribution is 2.35. The summed E-state index contributed by atoms with van der Waals surface area (Å²) in [5, 5.41) is 3.84. The molecule has 168 valence electrons. The molecule has 0 unspecified atom stereocenters. The average Bonchev–Trinajstić information content (AvgIpc) is 3.21. The number of nitrogens with zero attached hydrogens (tertiary/aromatic N) is 1. The lowest BCUT2D eigenvalue weighted by atomic mass is 10.1. The minimum absolute atomic E-state index is 0. The Balaban J connectivity index is 0.00000341. The van der Waals surface area contributed by atoms with Crippen molar-refractivity contribution in [2.45, 2.75) is 18.9 Å². The van der Waals surface area contributed by atoms with Gasteiger partial charge in [0.1, 0.15) is 17.2 Å². The number of hydrogen-bond acceptors (Lipinski definition) is 8. The third-order valence-electron chi connectivity index (χ3n) is 4.28. The van der Waals surface area contributed by atoms with Crippen molar-refractivity contribution in [3.63, 3.8) is 0 Å². The van der Waals surface area contributed by atoms with Crippen LogP contribution in [0.15, 0.2) is 51.9 Å². The Hall–Kier alpha value is -3.24. The van der Waals surface area contributed by atoms with Crippen LogP contribution in [0.4, 0.5) is 5.82 Å². The van der Waals surface area contributed by atoms with E-state index in [2.05, 4.69) is 9.88 Å². The molecule has 0 fully saturated rings. The molecule has 0 spiro atoms. The Kier molecular flexibility index (Phi) is 7.89. The molecule has 1 aromatic heterocycles. The third kappa shape index (κ3) is 5.09. The molecule has 0 aliphatic carbocycles. The summed E-state index contributed by atoms with van der Waals surface area (Å²) >= 11 is 0. The second kappa shape index (κ2) is 10.2. The fourth-order valence-corrected chi connectivity index (χ4v) is 4.22. The van der Waals surface area contributed by atoms with Crippen LogP contribution in [-0.4, -0.2) is 42.0 Å². The van der Waals surface area contributed by atoms with Crippen LogP contribution in [0, 0.1) is 0 Å². The van der Waals surface area contributed by atoms with Crippen molar-refractivity contribution in [3.8, 4) is 28.6 Å². The van der Waals surface area contributed by atoms with E-state index in [1.807, 2.05) is 6.07 Å². The van der Waals surface area contributed by atoms with Crippen molar-refractivity contribution in [2.75, 3.05) is 33.2 Å². The Bertz CT molecular complexity index is 1100. The van der Waals surface area contributed by atoms with Crippen molar-refractivity contribution in [1.82, 2.24) is 5.16 Å². The van der Waals surface area contributed by atoms with E-state index in [4.69, 9.17) is 23.5 Å². The number of sulfonamides is 1. The van der Waals surface area contributed by atoms with Crippen LogP contribution in [0.1, 0.15) is 13.0 Å². The first-order valence-electron chi connectivity index (χ1n) is 8.80. The second-order valence-electron chi connectivity index (χ2n) is 6.13. The van der Waals surface area contributed by atoms with E-state index in [1.165, 1.54) is 32.4 Å². The Morgan fingerprint density at radius 3 is 2.23 bits per heavy atom. The zero-order chi connectivity index (χ0) is 21.7. The quantitative estimate of drug-likeness (QED) is 0.522. The monoisotopic (exact) mass is 450 g/mol. The molecule has 31 heavy (non-hydrogen) atoms. The molecule has 3 aromatic rings. The molecule has 2 aromatic carbocycles. The Morgan fingerprint density at radius 2 is 1.65 bits per heavy atom. The number of nitrogens with one attached hydrogen (secondary N) is 1. The van der Waals surface area contributed by atoms with Crippen molar-refractivity contribution in [2.24, 2.45) is 0 Å². The Labute approximate surface area is 181 Å². The van der Waals surface area contributed by atoms with Gasteiger partial charge in [-0.25, -0.2) is 8.42 Å². The molecule has 0 radical (unpaired) electrons. The number of benzene rings is 2. The average molecular weight is 451 g/mol. The maximum absolute atomic E-state index is 13.0. The van der Waals surface area contributed by atoms with Gasteiger partial charge in [-0.2, -0.15) is 0 Å². The molecular formula is C21H26N2O7S. The number of methoxy groups -OCH3 is 4. The van der Waals surface area contributed by atoms with Gasteiger partial charge in [-0.05, 0) is 29.8 Å². The molecule has 1 N–H and O–H groups in total. The molecule has 0 bridgehead atoms. The van der Waals surface area contributed by atoms with Gasteiger partial charge in [0.25, 0.3) is 10.0 Å². The van der Waals surface area contributed by atoms with Crippen LogP contribution in [0.2, 0.25) is 0 Å². The summed E-state index contributed by atoms with van der Waals surface area (Å²) < 4.78 is 54.6. The predicted octanol–water partition coefficient (Wildman–Crippen LogP) is 3.95. The van der Waals surface area contributed by atoms with E-state index >= 15 is 0 Å². The lowest BCUT2D eigenvalue weighted by Gasteiger charge is -2.13. The van der Waals surface area contributed by atoms with Gasteiger partial charge in [-0.3, -0.25) is 4.72 Å². The van der Waals surface area contributed by atoms with Crippen molar-refractivity contribution in [1.29, 1.82) is 0 Å². The number of aromatic nitrogens is 1. The Morgan fingerprint density at radius 1 is 0.968 bits per heavy atom. The number of ether oxygens (including phenoxy) is 4. The molecule has 0 saturated heterocycles. The summed E-state index contributed by atoms with van der Waals surface area (Å²) in [6.07, 6.45) is 0. The highest BCUT2D eigenvalue weighted by atomic mass is 32.2. The van der Waals surface area contributed by atoms with E-state index in [0.717, 1.165) is 5.56 Å². The first-order chi connectivity index (χ1) is 14.4. The van der Waals surface area contributed by atoms with E-state index in [1.54, 1.807) is 32.4 Å². The lowest BCUT2D eigenvalue weighted by molar-refractivity contribution is 0.185. The second-order valence-corrected chi connectivity index (χ2v) is 7.75. The normalized spacial score (nSPS) is 10.8. The van der Waals surface area contributed by atoms with Gasteiger partial charge in [0.15, 0.2) is 16.5 Å². The fraction of sp³-hybridized carbons (Fsp3) is 0.286. The molecule has 0 saturated carbocycles. The van der Waals surface area contributed by atoms with Crippen LogP contribution in [0.3, 0.4) is 0 Å². The summed E-state index contributed by atoms with van der Waals surface area (Å²) in [7, 11) is 1.81. The highest BCUT2D eigenvalue weighted by Gasteiger charge is 2.26. The first-order valence-corrected chi connectivity index (χ1v) is 10.3. The van der Waals surface area contributed by atoms with Crippen molar-refractivity contribution in [3.05, 3.63) is 48.0 Å². The zero-order valence-corrected chi connectivity index (χ0v) is 17.8. The molecule has 1 heterocycles. The van der Waals surface area contributed by atoms with Gasteiger partial charge in [-0.1, -0.05) is 24.7 Å². The zero-order valence-electron chi connectivity index (χ0n) is 17.0. The minimum Gasteiger partial charge on any atom is -0.497 e. The predicted molar refractivity (Wildman–Crippen MR) is 116 cm³/mol. The van der Waals surface area contributed by atoms with Crippen LogP contribution in [-0.2, 0) is 21.4 Å². The van der Waals surface area contributed by atoms with Crippen molar-refractivity contribution >= 4 is 15.8 Å². The van der Waals surface area contributed by atoms with Crippen LogP contribution < -0.4 is 18.9 Å². The standard InChI is InChI=1S/C20H22N2O7S.CH4/c1-25-12-13-8-9-14(26-2)10-15(13)18-11-19(21-29-18)22-30(23,24)20-16(27-3)6-5-7-17(20)28-4;/h5-11H,12H2,1-4H3,(H,21,22);1H4. The van der Waals surface area contributed by atoms with E-state index < -0.39 is 10.0 Å². The smallest absolute Gasteiger partial charge is 0.270 e. The summed E-state index contributed by atoms with van der Waals surface area (Å²) in [6.45, 7) is 0.333. The molecule has 10 heteroatoms. The van der Waals surface area contributed by atoms with Crippen molar-refractivity contribution < 1.29 is 31.9 Å². The van der Waals surface area contributed by atoms with Gasteiger partial charge in [-0.15, -0.1) is 0 Å². The van der Waals surface area contributed by atoms with Crippen LogP contribution in [0.5, 0.6) is 17.2 Å². The van der Waals surface area contributed by atoms with Crippen LogP contribution in [0.25, 0.3) is 11.3 Å². The van der Waals surface area contributed by atoms with Gasteiger partial charge in [0, 0.05) is 18.7 Å². The fourth-order valence-electron chi connectivity index (χ4n) is 2.91. The van der Waals surface area contributed by atoms with E-state index in [-0.39, 0.29) is 29.6 Å². The van der Waals surface area contributed by atoms with E-state index in [9.17, 15) is 8.42 Å². The first kappa shape index (κ1) is 24.0. The summed E-state index contributed by atoms with van der Waals surface area (Å²) in [6, 6.07) is 11.6. The molecular weight excluding hydrogens is 424 g/mol. The molecule has 3 rings (SSSR count). The molecule has 0 aliphatic heterocycles. The summed E-state index contributed by atoms with van der Waals surface area (Å²) in [4.78, 5) is -0.138. The maximum Gasteiger partial charge on any atom is 0.270 e. The lowest BCUT2D eigenvalue weighted by Crippen LogP contribution is -2.15. The number of rotatable bonds is 9. The summed E-state index contributed by atoms with van der Waals surface area (Å²) in [5.41, 5.74) is 1.50. The molecule has 0 atom stereocenters. The minimum atomic E-state index is -4.07. The van der Waals surface area contributed by atoms with E-state index in [0.29, 0.717) is 23.7 Å². The van der Waals surface area contributed by atoms with Gasteiger partial charge >= 0.3 is 0 Å². The van der Waals surface area contributed by atoms with Gasteiger partial charge in [0.2, 0.25) is 0 Å².